The van der Waals surface area contributed by atoms with Crippen LogP contribution in [0.3, 0.4) is 0 Å². The molecule has 1 aliphatic heterocycles. The van der Waals surface area contributed by atoms with E-state index in [1.54, 1.807) is 24.3 Å². The standard InChI is InChI=1S/C15H20N4O/c1-18(2)14-7-8-19(10-14)11-15(20)17-13-5-3-12(9-16)4-6-13/h3-6,14H,7-8,10-11H2,1-2H3,(H,17,20). The van der Waals surface area contributed by atoms with Gasteiger partial charge >= 0.3 is 0 Å². The average molecular weight is 272 g/mol. The van der Waals surface area contributed by atoms with Gasteiger partial charge in [-0.25, -0.2) is 0 Å². The zero-order chi connectivity index (χ0) is 14.5. The Morgan fingerprint density at radius 3 is 2.70 bits per heavy atom. The van der Waals surface area contributed by atoms with Crippen LogP contribution >= 0.6 is 0 Å². The fraction of sp³-hybridized carbons (Fsp3) is 0.467. The molecule has 1 aromatic rings. The van der Waals surface area contributed by atoms with Crippen LogP contribution in [0.25, 0.3) is 0 Å². The van der Waals surface area contributed by atoms with E-state index in [1.807, 2.05) is 0 Å². The lowest BCUT2D eigenvalue weighted by Crippen LogP contribution is -2.35. The number of benzene rings is 1. The number of likely N-dealkylation sites (tertiary alicyclic amines) is 1. The first-order valence-corrected chi connectivity index (χ1v) is 6.77. The van der Waals surface area contributed by atoms with Crippen molar-refractivity contribution >= 4 is 11.6 Å². The van der Waals surface area contributed by atoms with Crippen LogP contribution in [0.4, 0.5) is 5.69 Å². The second kappa shape index (κ2) is 6.51. The quantitative estimate of drug-likeness (QED) is 0.892. The molecule has 0 aliphatic carbocycles. The van der Waals surface area contributed by atoms with Gasteiger partial charge in [0, 0.05) is 24.8 Å². The lowest BCUT2D eigenvalue weighted by molar-refractivity contribution is -0.117. The van der Waals surface area contributed by atoms with E-state index >= 15 is 0 Å². The fourth-order valence-corrected chi connectivity index (χ4v) is 2.41. The Hall–Kier alpha value is -1.90. The van der Waals surface area contributed by atoms with Gasteiger partial charge in [-0.05, 0) is 44.8 Å². The number of hydrogen-bond acceptors (Lipinski definition) is 4. The third-order valence-corrected chi connectivity index (χ3v) is 3.64. The summed E-state index contributed by atoms with van der Waals surface area (Å²) in [4.78, 5) is 16.3. The van der Waals surface area contributed by atoms with E-state index in [0.29, 0.717) is 18.2 Å². The minimum atomic E-state index is -0.00545. The summed E-state index contributed by atoms with van der Waals surface area (Å²) in [5.74, 6) is -0.00545. The molecule has 1 aliphatic rings. The molecule has 1 fully saturated rings. The molecule has 20 heavy (non-hydrogen) atoms. The average Bonchev–Trinajstić information content (AvgIpc) is 2.88. The van der Waals surface area contributed by atoms with Crippen LogP contribution < -0.4 is 5.32 Å². The Labute approximate surface area is 119 Å². The number of nitriles is 1. The van der Waals surface area contributed by atoms with Gasteiger partial charge in [-0.2, -0.15) is 5.26 Å². The van der Waals surface area contributed by atoms with Gasteiger partial charge in [-0.1, -0.05) is 0 Å². The lowest BCUT2D eigenvalue weighted by atomic mass is 10.2. The normalized spacial score (nSPS) is 19.0. The minimum Gasteiger partial charge on any atom is -0.325 e. The maximum atomic E-state index is 12.0. The largest absolute Gasteiger partial charge is 0.325 e. The molecular weight excluding hydrogens is 252 g/mol. The highest BCUT2D eigenvalue weighted by Gasteiger charge is 2.25. The molecule has 5 heteroatoms. The summed E-state index contributed by atoms with van der Waals surface area (Å²) < 4.78 is 0. The molecule has 0 radical (unpaired) electrons. The molecule has 1 N–H and O–H groups in total. The van der Waals surface area contributed by atoms with Crippen LogP contribution in [0.15, 0.2) is 24.3 Å². The van der Waals surface area contributed by atoms with Gasteiger partial charge in [-0.3, -0.25) is 9.69 Å². The number of hydrogen-bond donors (Lipinski definition) is 1. The van der Waals surface area contributed by atoms with Gasteiger partial charge in [0.25, 0.3) is 0 Å². The van der Waals surface area contributed by atoms with Gasteiger partial charge in [0.1, 0.15) is 0 Å². The monoisotopic (exact) mass is 272 g/mol. The number of carbonyl (C=O) groups excluding carboxylic acids is 1. The first-order valence-electron chi connectivity index (χ1n) is 6.77. The number of likely N-dealkylation sites (N-methyl/N-ethyl adjacent to an activating group) is 1. The van der Waals surface area contributed by atoms with Crippen LogP contribution in [-0.4, -0.2) is 55.5 Å². The van der Waals surface area contributed by atoms with Crippen molar-refractivity contribution in [3.05, 3.63) is 29.8 Å². The number of nitrogens with one attached hydrogen (secondary N) is 1. The maximum Gasteiger partial charge on any atom is 0.238 e. The van der Waals surface area contributed by atoms with Gasteiger partial charge in [0.2, 0.25) is 5.91 Å². The summed E-state index contributed by atoms with van der Waals surface area (Å²) in [5, 5.41) is 11.6. The van der Waals surface area contributed by atoms with Gasteiger partial charge in [0.15, 0.2) is 0 Å². The second-order valence-electron chi connectivity index (χ2n) is 5.38. The van der Waals surface area contributed by atoms with E-state index < -0.39 is 0 Å². The molecule has 1 atom stereocenters. The van der Waals surface area contributed by atoms with Crippen LogP contribution in [0.1, 0.15) is 12.0 Å². The number of rotatable bonds is 4. The SMILES string of the molecule is CN(C)C1CCN(CC(=O)Nc2ccc(C#N)cc2)C1. The summed E-state index contributed by atoms with van der Waals surface area (Å²) >= 11 is 0. The Morgan fingerprint density at radius 1 is 1.45 bits per heavy atom. The van der Waals surface area contributed by atoms with Gasteiger partial charge in [-0.15, -0.1) is 0 Å². The zero-order valence-corrected chi connectivity index (χ0v) is 12.0. The molecular formula is C15H20N4O. The molecule has 1 saturated heterocycles. The van der Waals surface area contributed by atoms with Crippen molar-refractivity contribution in [2.75, 3.05) is 39.0 Å². The molecule has 1 heterocycles. The summed E-state index contributed by atoms with van der Waals surface area (Å²) in [6.07, 6.45) is 1.11. The third-order valence-electron chi connectivity index (χ3n) is 3.64. The minimum absolute atomic E-state index is 0.00545. The molecule has 1 amide bonds. The van der Waals surface area contributed by atoms with Gasteiger partial charge < -0.3 is 10.2 Å². The van der Waals surface area contributed by atoms with Crippen molar-refractivity contribution < 1.29 is 4.79 Å². The highest BCUT2D eigenvalue weighted by atomic mass is 16.2. The van der Waals surface area contributed by atoms with E-state index in [1.165, 1.54) is 0 Å². The number of anilines is 1. The molecule has 0 bridgehead atoms. The van der Waals surface area contributed by atoms with Crippen LogP contribution in [-0.2, 0) is 4.79 Å². The highest BCUT2D eigenvalue weighted by Crippen LogP contribution is 2.13. The predicted molar refractivity (Wildman–Crippen MR) is 78.3 cm³/mol. The van der Waals surface area contributed by atoms with Crippen LogP contribution in [0.5, 0.6) is 0 Å². The summed E-state index contributed by atoms with van der Waals surface area (Å²) in [7, 11) is 4.15. The van der Waals surface area contributed by atoms with E-state index in [0.717, 1.165) is 25.2 Å². The first kappa shape index (κ1) is 14.5. The Morgan fingerprint density at radius 2 is 2.15 bits per heavy atom. The number of amides is 1. The van der Waals surface area contributed by atoms with E-state index in [-0.39, 0.29) is 5.91 Å². The summed E-state index contributed by atoms with van der Waals surface area (Å²) in [5.41, 5.74) is 1.33. The molecule has 1 unspecified atom stereocenters. The maximum absolute atomic E-state index is 12.0. The summed E-state index contributed by atoms with van der Waals surface area (Å²) in [6, 6.07) is 9.51. The van der Waals surface area contributed by atoms with E-state index in [4.69, 9.17) is 5.26 Å². The Kier molecular flexibility index (Phi) is 4.72. The Balaban J connectivity index is 1.82. The molecule has 0 aromatic heterocycles. The molecule has 1 aromatic carbocycles. The van der Waals surface area contributed by atoms with Crippen molar-refractivity contribution in [1.29, 1.82) is 5.26 Å². The number of carbonyl (C=O) groups is 1. The van der Waals surface area contributed by atoms with Gasteiger partial charge in [0.05, 0.1) is 18.2 Å². The predicted octanol–water partition coefficient (Wildman–Crippen LogP) is 1.13. The molecule has 106 valence electrons. The highest BCUT2D eigenvalue weighted by molar-refractivity contribution is 5.92. The van der Waals surface area contributed by atoms with Crippen molar-refractivity contribution in [2.45, 2.75) is 12.5 Å². The Bertz CT molecular complexity index is 504. The lowest BCUT2D eigenvalue weighted by Gasteiger charge is -2.20. The van der Waals surface area contributed by atoms with Crippen molar-refractivity contribution in [2.24, 2.45) is 0 Å². The first-order chi connectivity index (χ1) is 9.58. The van der Waals surface area contributed by atoms with E-state index in [9.17, 15) is 4.79 Å². The smallest absolute Gasteiger partial charge is 0.238 e. The second-order valence-corrected chi connectivity index (χ2v) is 5.38. The summed E-state index contributed by atoms with van der Waals surface area (Å²) in [6.45, 7) is 2.32. The van der Waals surface area contributed by atoms with Crippen LogP contribution in [0, 0.1) is 11.3 Å². The zero-order valence-electron chi connectivity index (χ0n) is 12.0. The van der Waals surface area contributed by atoms with E-state index in [2.05, 4.69) is 35.3 Å². The van der Waals surface area contributed by atoms with Crippen molar-refractivity contribution in [1.82, 2.24) is 9.80 Å². The molecule has 5 nitrogen and oxygen atoms in total. The van der Waals surface area contributed by atoms with Crippen molar-refractivity contribution in [3.63, 3.8) is 0 Å². The fourth-order valence-electron chi connectivity index (χ4n) is 2.41. The molecule has 0 spiro atoms. The number of nitrogens with zero attached hydrogens (tertiary/aromatic N) is 3. The molecule has 2 rings (SSSR count). The molecule has 0 saturated carbocycles. The third kappa shape index (κ3) is 3.80. The van der Waals surface area contributed by atoms with Crippen LogP contribution in [0.2, 0.25) is 0 Å². The van der Waals surface area contributed by atoms with Crippen molar-refractivity contribution in [3.8, 4) is 6.07 Å². The topological polar surface area (TPSA) is 59.4 Å².